The van der Waals surface area contributed by atoms with Crippen LogP contribution >= 0.6 is 0 Å². The molecule has 0 saturated heterocycles. The second-order valence-corrected chi connectivity index (χ2v) is 4.95. The lowest BCUT2D eigenvalue weighted by atomic mass is 10.2. The van der Waals surface area contributed by atoms with Gasteiger partial charge in [-0.2, -0.15) is 0 Å². The molecule has 2 heterocycles. The first-order valence-electron chi connectivity index (χ1n) is 5.63. The van der Waals surface area contributed by atoms with E-state index in [-0.39, 0.29) is 0 Å². The van der Waals surface area contributed by atoms with Crippen molar-refractivity contribution < 1.29 is 4.21 Å². The lowest BCUT2D eigenvalue weighted by molar-refractivity contribution is 0.683. The molecular weight excluding hydrogens is 260 g/mol. The van der Waals surface area contributed by atoms with Gasteiger partial charge in [-0.15, -0.1) is 0 Å². The van der Waals surface area contributed by atoms with Crippen LogP contribution in [0.25, 0.3) is 10.9 Å². The van der Waals surface area contributed by atoms with E-state index in [2.05, 4.69) is 19.7 Å². The molecule has 19 heavy (non-hydrogen) atoms. The first kappa shape index (κ1) is 11.7. The van der Waals surface area contributed by atoms with E-state index in [0.29, 0.717) is 10.7 Å². The molecule has 1 N–H and O–H groups in total. The summed E-state index contributed by atoms with van der Waals surface area (Å²) in [5.41, 5.74) is 1.49. The molecule has 0 spiro atoms. The molecule has 3 rings (SSSR count). The van der Waals surface area contributed by atoms with Gasteiger partial charge in [-0.1, -0.05) is 18.2 Å². The molecule has 0 radical (unpaired) electrons. The predicted octanol–water partition coefficient (Wildman–Crippen LogP) is 2.16. The Kier molecular flexibility index (Phi) is 3.16. The number of aromatic nitrogens is 3. The molecule has 0 aliphatic rings. The number of nitrogens with one attached hydrogen (secondary N) is 1. The Labute approximate surface area is 112 Å². The van der Waals surface area contributed by atoms with Gasteiger partial charge in [0.1, 0.15) is 0 Å². The van der Waals surface area contributed by atoms with E-state index in [9.17, 15) is 4.21 Å². The van der Waals surface area contributed by atoms with Crippen LogP contribution < -0.4 is 4.72 Å². The molecule has 0 aliphatic heterocycles. The van der Waals surface area contributed by atoms with Crippen LogP contribution in [0, 0.1) is 0 Å². The van der Waals surface area contributed by atoms with Crippen LogP contribution in [-0.4, -0.2) is 19.2 Å². The van der Waals surface area contributed by atoms with Crippen LogP contribution in [0.15, 0.2) is 60.1 Å². The Morgan fingerprint density at radius 1 is 1.00 bits per heavy atom. The highest BCUT2D eigenvalue weighted by atomic mass is 32.2. The van der Waals surface area contributed by atoms with Gasteiger partial charge in [-0.25, -0.2) is 9.19 Å². The summed E-state index contributed by atoms with van der Waals surface area (Å²) in [5.74, 6) is 0. The van der Waals surface area contributed by atoms with E-state index in [1.54, 1.807) is 12.4 Å². The van der Waals surface area contributed by atoms with Crippen LogP contribution in [0.4, 0.5) is 5.69 Å². The molecule has 0 fully saturated rings. The molecule has 1 unspecified atom stereocenters. The first-order chi connectivity index (χ1) is 9.34. The molecular formula is C13H10N4OS. The van der Waals surface area contributed by atoms with Gasteiger partial charge in [0.2, 0.25) is 0 Å². The van der Waals surface area contributed by atoms with Gasteiger partial charge >= 0.3 is 0 Å². The molecule has 2 aromatic heterocycles. The fourth-order valence-electron chi connectivity index (χ4n) is 1.72. The highest BCUT2D eigenvalue weighted by Crippen LogP contribution is 2.21. The summed E-state index contributed by atoms with van der Waals surface area (Å²) in [5, 5.41) is 1.37. The quantitative estimate of drug-likeness (QED) is 0.792. The van der Waals surface area contributed by atoms with Crippen molar-refractivity contribution in [3.63, 3.8) is 0 Å². The minimum absolute atomic E-state index is 0.385. The SMILES string of the molecule is O=S(Nc1cccc2cccnc12)c1cnccn1. The molecule has 0 saturated carbocycles. The molecule has 0 bridgehead atoms. The summed E-state index contributed by atoms with van der Waals surface area (Å²) >= 11 is 0. The lowest BCUT2D eigenvalue weighted by Crippen LogP contribution is -2.07. The van der Waals surface area contributed by atoms with Crippen molar-refractivity contribution >= 4 is 27.6 Å². The molecule has 0 amide bonds. The number of hydrogen-bond acceptors (Lipinski definition) is 4. The smallest absolute Gasteiger partial charge is 0.171 e. The van der Waals surface area contributed by atoms with Gasteiger partial charge in [0, 0.05) is 24.0 Å². The minimum atomic E-state index is -1.45. The van der Waals surface area contributed by atoms with Crippen LogP contribution in [0.2, 0.25) is 0 Å². The van der Waals surface area contributed by atoms with Crippen molar-refractivity contribution in [2.45, 2.75) is 5.03 Å². The van der Waals surface area contributed by atoms with Gasteiger partial charge in [0.15, 0.2) is 16.0 Å². The maximum atomic E-state index is 12.1. The van der Waals surface area contributed by atoms with Crippen molar-refractivity contribution in [1.29, 1.82) is 0 Å². The monoisotopic (exact) mass is 270 g/mol. The number of hydrogen-bond donors (Lipinski definition) is 1. The van der Waals surface area contributed by atoms with Gasteiger partial charge in [-0.3, -0.25) is 14.7 Å². The summed E-state index contributed by atoms with van der Waals surface area (Å²) in [6.45, 7) is 0. The predicted molar refractivity (Wildman–Crippen MR) is 73.8 cm³/mol. The number of para-hydroxylation sites is 1. The average molecular weight is 270 g/mol. The summed E-state index contributed by atoms with van der Waals surface area (Å²) in [4.78, 5) is 12.2. The maximum absolute atomic E-state index is 12.1. The Hall–Kier alpha value is -2.34. The van der Waals surface area contributed by atoms with Crippen molar-refractivity contribution in [3.8, 4) is 0 Å². The molecule has 6 heteroatoms. The molecule has 94 valence electrons. The summed E-state index contributed by atoms with van der Waals surface area (Å²) in [6, 6.07) is 9.51. The second-order valence-electron chi connectivity index (χ2n) is 3.80. The number of fused-ring (bicyclic) bond motifs is 1. The largest absolute Gasteiger partial charge is 0.298 e. The highest BCUT2D eigenvalue weighted by molar-refractivity contribution is 7.86. The fourth-order valence-corrected chi connectivity index (χ4v) is 2.50. The third kappa shape index (κ3) is 2.43. The summed E-state index contributed by atoms with van der Waals surface area (Å²) in [6.07, 6.45) is 6.23. The Balaban J connectivity index is 1.96. The van der Waals surface area contributed by atoms with E-state index >= 15 is 0 Å². The summed E-state index contributed by atoms with van der Waals surface area (Å²) in [7, 11) is -1.45. The number of anilines is 1. The Bertz CT molecular complexity index is 728. The zero-order chi connectivity index (χ0) is 13.1. The number of pyridine rings is 1. The third-order valence-corrected chi connectivity index (χ3v) is 3.56. The van der Waals surface area contributed by atoms with Gasteiger partial charge in [0.05, 0.1) is 17.4 Å². The average Bonchev–Trinajstić information content (AvgIpc) is 2.48. The standard InChI is InChI=1S/C13H10N4OS/c18-19(12-9-14-7-8-15-12)17-11-5-1-3-10-4-2-6-16-13(10)11/h1-9,17H. The first-order valence-corrected chi connectivity index (χ1v) is 6.78. The van der Waals surface area contributed by atoms with E-state index in [4.69, 9.17) is 0 Å². The Morgan fingerprint density at radius 2 is 1.89 bits per heavy atom. The number of nitrogens with zero attached hydrogens (tertiary/aromatic N) is 3. The topological polar surface area (TPSA) is 67.8 Å². The fraction of sp³-hybridized carbons (Fsp3) is 0. The number of benzene rings is 1. The molecule has 1 aromatic carbocycles. The van der Waals surface area contributed by atoms with Gasteiger partial charge < -0.3 is 0 Å². The van der Waals surface area contributed by atoms with Crippen LogP contribution in [0.1, 0.15) is 0 Å². The van der Waals surface area contributed by atoms with Crippen molar-refractivity contribution in [3.05, 3.63) is 55.1 Å². The molecule has 1 atom stereocenters. The van der Waals surface area contributed by atoms with E-state index in [1.807, 2.05) is 30.3 Å². The third-order valence-electron chi connectivity index (χ3n) is 2.56. The minimum Gasteiger partial charge on any atom is -0.298 e. The zero-order valence-corrected chi connectivity index (χ0v) is 10.7. The zero-order valence-electron chi connectivity index (χ0n) is 9.85. The van der Waals surface area contributed by atoms with E-state index in [0.717, 1.165) is 10.9 Å². The van der Waals surface area contributed by atoms with Crippen LogP contribution in [-0.2, 0) is 11.0 Å². The van der Waals surface area contributed by atoms with Gasteiger partial charge in [0.25, 0.3) is 0 Å². The lowest BCUT2D eigenvalue weighted by Gasteiger charge is -2.07. The van der Waals surface area contributed by atoms with Crippen LogP contribution in [0.5, 0.6) is 0 Å². The van der Waals surface area contributed by atoms with E-state index < -0.39 is 11.0 Å². The number of rotatable bonds is 3. The normalized spacial score (nSPS) is 12.2. The van der Waals surface area contributed by atoms with Crippen molar-refractivity contribution in [2.75, 3.05) is 4.72 Å². The maximum Gasteiger partial charge on any atom is 0.171 e. The van der Waals surface area contributed by atoms with Crippen molar-refractivity contribution in [2.24, 2.45) is 0 Å². The second kappa shape index (κ2) is 5.11. The summed E-state index contributed by atoms with van der Waals surface area (Å²) < 4.78 is 15.0. The van der Waals surface area contributed by atoms with E-state index in [1.165, 1.54) is 12.4 Å². The van der Waals surface area contributed by atoms with Crippen molar-refractivity contribution in [1.82, 2.24) is 15.0 Å². The molecule has 0 aliphatic carbocycles. The van der Waals surface area contributed by atoms with Gasteiger partial charge in [-0.05, 0) is 12.1 Å². The molecule has 3 aromatic rings. The van der Waals surface area contributed by atoms with Crippen LogP contribution in [0.3, 0.4) is 0 Å². The highest BCUT2D eigenvalue weighted by Gasteiger charge is 2.08. The molecule has 5 nitrogen and oxygen atoms in total. The Morgan fingerprint density at radius 3 is 2.74 bits per heavy atom.